The van der Waals surface area contributed by atoms with Crippen LogP contribution in [0.4, 0.5) is 17.6 Å². The Morgan fingerprint density at radius 2 is 0.822 bits per heavy atom. The molecule has 0 atom stereocenters. The van der Waals surface area contributed by atoms with Crippen LogP contribution in [0.25, 0.3) is 44.8 Å². The van der Waals surface area contributed by atoms with Crippen LogP contribution in [0, 0.1) is 23.8 Å². The van der Waals surface area contributed by atoms with Crippen molar-refractivity contribution < 1.29 is 17.6 Å². The van der Waals surface area contributed by atoms with Crippen molar-refractivity contribution in [2.24, 2.45) is 0 Å². The van der Waals surface area contributed by atoms with Crippen LogP contribution in [0.3, 0.4) is 0 Å². The molecule has 0 aliphatic carbocycles. The van der Waals surface area contributed by atoms with Gasteiger partial charge in [0.25, 0.3) is 0 Å². The summed E-state index contributed by atoms with van der Waals surface area (Å²) >= 11 is 0. The van der Waals surface area contributed by atoms with E-state index in [9.17, 15) is 17.6 Å². The fraction of sp³-hybridized carbons (Fsp3) is 0.135. The van der Waals surface area contributed by atoms with Gasteiger partial charge in [-0.3, -0.25) is 9.97 Å². The van der Waals surface area contributed by atoms with E-state index < -0.39 is 29.2 Å². The van der Waals surface area contributed by atoms with Crippen molar-refractivity contribution >= 4 is 0 Å². The molecule has 8 heteroatoms. The van der Waals surface area contributed by atoms with E-state index in [2.05, 4.69) is 9.97 Å². The van der Waals surface area contributed by atoms with Crippen LogP contribution in [-0.4, -0.2) is 19.9 Å². The lowest BCUT2D eigenvalue weighted by atomic mass is 9.82. The van der Waals surface area contributed by atoms with Gasteiger partial charge >= 0.3 is 0 Å². The molecule has 0 saturated heterocycles. The van der Waals surface area contributed by atoms with Crippen LogP contribution < -0.4 is 0 Å². The van der Waals surface area contributed by atoms with Gasteiger partial charge in [-0.25, -0.2) is 0 Å². The molecule has 0 bridgehead atoms. The molecule has 0 aliphatic heterocycles. The Bertz CT molecular complexity index is 1800. The van der Waals surface area contributed by atoms with E-state index in [0.717, 1.165) is 34.4 Å². The van der Waals surface area contributed by atoms with Crippen LogP contribution in [-0.2, 0) is 5.41 Å². The average molecular weight is 607 g/mol. The highest BCUT2D eigenvalue weighted by Gasteiger charge is 2.30. The summed E-state index contributed by atoms with van der Waals surface area (Å²) in [6, 6.07) is 31.1. The zero-order valence-electron chi connectivity index (χ0n) is 25.2. The van der Waals surface area contributed by atoms with Gasteiger partial charge < -0.3 is 0 Å². The molecular formula is C37H30F4N4. The van der Waals surface area contributed by atoms with Crippen molar-refractivity contribution in [3.63, 3.8) is 0 Å². The van der Waals surface area contributed by atoms with E-state index in [-0.39, 0.29) is 22.5 Å². The second-order valence-electron chi connectivity index (χ2n) is 10.6. The first-order valence-electron chi connectivity index (χ1n) is 14.5. The van der Waals surface area contributed by atoms with E-state index >= 15 is 0 Å². The molecule has 4 aromatic heterocycles. The van der Waals surface area contributed by atoms with Gasteiger partial charge in [-0.05, 0) is 84.6 Å². The zero-order chi connectivity index (χ0) is 32.1. The third-order valence-corrected chi connectivity index (χ3v) is 7.33. The van der Waals surface area contributed by atoms with Crippen LogP contribution in [0.15, 0.2) is 109 Å². The predicted octanol–water partition coefficient (Wildman–Crippen LogP) is 9.84. The van der Waals surface area contributed by atoms with Gasteiger partial charge in [0.15, 0.2) is 0 Å². The van der Waals surface area contributed by atoms with Crippen molar-refractivity contribution in [1.82, 2.24) is 19.9 Å². The Kier molecular flexibility index (Phi) is 9.13. The van der Waals surface area contributed by atoms with E-state index in [1.165, 1.54) is 12.1 Å². The topological polar surface area (TPSA) is 51.6 Å². The average Bonchev–Trinajstić information content (AvgIpc) is 3.06. The summed E-state index contributed by atoms with van der Waals surface area (Å²) in [6.07, 6.45) is 0. The summed E-state index contributed by atoms with van der Waals surface area (Å²) in [6.45, 7) is 7.82. The lowest BCUT2D eigenvalue weighted by molar-refractivity contribution is 0.514. The quantitative estimate of drug-likeness (QED) is 0.140. The molecule has 0 radical (unpaired) electrons. The smallest absolute Gasteiger partial charge is 0.224 e. The third-order valence-electron chi connectivity index (χ3n) is 7.33. The van der Waals surface area contributed by atoms with E-state index in [0.29, 0.717) is 11.4 Å². The molecule has 45 heavy (non-hydrogen) atoms. The lowest BCUT2D eigenvalue weighted by Crippen LogP contribution is -2.23. The first-order chi connectivity index (χ1) is 21.7. The monoisotopic (exact) mass is 606 g/mol. The van der Waals surface area contributed by atoms with E-state index in [1.54, 1.807) is 12.1 Å². The highest BCUT2D eigenvalue weighted by Crippen LogP contribution is 2.38. The fourth-order valence-corrected chi connectivity index (χ4v) is 4.91. The minimum absolute atomic E-state index is 0.0439. The summed E-state index contributed by atoms with van der Waals surface area (Å²) in [5.74, 6) is -3.82. The molecule has 0 saturated carbocycles. The van der Waals surface area contributed by atoms with Gasteiger partial charge in [0.05, 0.1) is 33.9 Å². The zero-order valence-corrected chi connectivity index (χ0v) is 25.2. The first-order valence-corrected chi connectivity index (χ1v) is 14.5. The van der Waals surface area contributed by atoms with Crippen molar-refractivity contribution in [3.8, 4) is 44.8 Å². The number of pyridine rings is 4. The van der Waals surface area contributed by atoms with Gasteiger partial charge in [-0.1, -0.05) is 74.5 Å². The summed E-state index contributed by atoms with van der Waals surface area (Å²) < 4.78 is 57.1. The van der Waals surface area contributed by atoms with Gasteiger partial charge in [0.1, 0.15) is 0 Å². The van der Waals surface area contributed by atoms with Crippen LogP contribution in [0.1, 0.15) is 39.1 Å². The van der Waals surface area contributed by atoms with Crippen LogP contribution >= 0.6 is 0 Å². The summed E-state index contributed by atoms with van der Waals surface area (Å²) in [4.78, 5) is 16.4. The minimum atomic E-state index is -0.979. The Labute approximate surface area is 259 Å². The molecule has 0 aliphatic rings. The van der Waals surface area contributed by atoms with Crippen LogP contribution in [0.2, 0.25) is 0 Å². The fourth-order valence-electron chi connectivity index (χ4n) is 4.91. The Morgan fingerprint density at radius 1 is 0.444 bits per heavy atom. The maximum absolute atomic E-state index is 14.9. The number of halogens is 4. The standard InChI is InChI=1S/C35H24F4N4.C2H6/c1-35(2,29-19-23(21-9-5-3-6-10-21)17-27(40-29)25-13-15-31(36)42-33(25)38)30-20-24(22-11-7-4-8-12-22)18-28(41-30)26-14-16-32(37)43-34(26)39;1-2/h3-20H,1-2H3;1-2H3. The number of rotatable bonds is 6. The highest BCUT2D eigenvalue weighted by atomic mass is 19.1. The molecule has 0 fully saturated rings. The number of aromatic nitrogens is 4. The predicted molar refractivity (Wildman–Crippen MR) is 169 cm³/mol. The van der Waals surface area contributed by atoms with Gasteiger partial charge in [-0.15, -0.1) is 0 Å². The molecule has 0 unspecified atom stereocenters. The lowest BCUT2D eigenvalue weighted by Gasteiger charge is -2.26. The maximum Gasteiger partial charge on any atom is 0.224 e. The number of benzene rings is 2. The number of hydrogen-bond acceptors (Lipinski definition) is 4. The van der Waals surface area contributed by atoms with Crippen molar-refractivity contribution in [2.45, 2.75) is 33.1 Å². The Hall–Kier alpha value is -5.24. The van der Waals surface area contributed by atoms with Crippen molar-refractivity contribution in [3.05, 3.63) is 144 Å². The third kappa shape index (κ3) is 6.65. The highest BCUT2D eigenvalue weighted by molar-refractivity contribution is 5.73. The second kappa shape index (κ2) is 13.2. The molecule has 4 heterocycles. The SMILES string of the molecule is CC.CC(C)(c1cc(-c2ccccc2)cc(-c2ccc(F)nc2F)n1)c1cc(-c2ccccc2)cc(-c2ccc(F)nc2F)n1. The molecule has 0 N–H and O–H groups in total. The van der Waals surface area contributed by atoms with E-state index in [1.807, 2.05) is 100 Å². The Morgan fingerprint density at radius 3 is 1.18 bits per heavy atom. The van der Waals surface area contributed by atoms with Gasteiger partial charge in [-0.2, -0.15) is 27.5 Å². The summed E-state index contributed by atoms with van der Waals surface area (Å²) in [7, 11) is 0. The normalized spacial score (nSPS) is 11.1. The Balaban J connectivity index is 0.00000196. The first kappa shape index (κ1) is 31.2. The summed E-state index contributed by atoms with van der Waals surface area (Å²) in [5, 5.41) is 0. The van der Waals surface area contributed by atoms with Gasteiger partial charge in [0, 0.05) is 5.41 Å². The molecule has 6 rings (SSSR count). The van der Waals surface area contributed by atoms with Gasteiger partial charge in [0.2, 0.25) is 23.8 Å². The molecule has 2 aromatic carbocycles. The van der Waals surface area contributed by atoms with E-state index in [4.69, 9.17) is 9.97 Å². The number of hydrogen-bond donors (Lipinski definition) is 0. The van der Waals surface area contributed by atoms with Crippen molar-refractivity contribution in [1.29, 1.82) is 0 Å². The summed E-state index contributed by atoms with van der Waals surface area (Å²) in [5.41, 5.74) is 4.02. The molecule has 0 spiro atoms. The molecular weight excluding hydrogens is 576 g/mol. The van der Waals surface area contributed by atoms with Crippen LogP contribution in [0.5, 0.6) is 0 Å². The number of nitrogens with zero attached hydrogens (tertiary/aromatic N) is 4. The maximum atomic E-state index is 14.9. The molecule has 0 amide bonds. The molecule has 226 valence electrons. The largest absolute Gasteiger partial charge is 0.252 e. The molecule has 4 nitrogen and oxygen atoms in total. The van der Waals surface area contributed by atoms with Crippen molar-refractivity contribution in [2.75, 3.05) is 0 Å². The second-order valence-corrected chi connectivity index (χ2v) is 10.6. The molecule has 6 aromatic rings. The minimum Gasteiger partial charge on any atom is -0.252 e.